The van der Waals surface area contributed by atoms with E-state index < -0.39 is 0 Å². The van der Waals surface area contributed by atoms with Gasteiger partial charge in [-0.05, 0) is 44.5 Å². The van der Waals surface area contributed by atoms with Crippen molar-refractivity contribution in [3.8, 4) is 5.75 Å². The minimum Gasteiger partial charge on any atom is -0.483 e. The number of carbonyl (C=O) groups excluding carboxylic acids is 1. The molecule has 1 amide bonds. The second-order valence-corrected chi connectivity index (χ2v) is 5.55. The van der Waals surface area contributed by atoms with E-state index in [4.69, 9.17) is 4.74 Å². The van der Waals surface area contributed by atoms with E-state index >= 15 is 0 Å². The highest BCUT2D eigenvalue weighted by atomic mass is 79.9. The fraction of sp³-hybridized carbons (Fsp3) is 0.533. The normalized spacial score (nSPS) is 10.4. The summed E-state index contributed by atoms with van der Waals surface area (Å²) in [6, 6.07) is 4.03. The number of halogens is 1. The summed E-state index contributed by atoms with van der Waals surface area (Å²) in [4.78, 5) is 11.5. The Morgan fingerprint density at radius 3 is 2.75 bits per heavy atom. The molecule has 0 fully saturated rings. The minimum absolute atomic E-state index is 0.0527. The molecular formula is C15H23BrN2O2. The zero-order valence-corrected chi connectivity index (χ0v) is 14.0. The van der Waals surface area contributed by atoms with Crippen LogP contribution in [0.1, 0.15) is 31.4 Å². The maximum Gasteiger partial charge on any atom is 0.257 e. The van der Waals surface area contributed by atoms with Crippen LogP contribution >= 0.6 is 15.9 Å². The second kappa shape index (κ2) is 8.97. The molecule has 0 atom stereocenters. The van der Waals surface area contributed by atoms with Crippen LogP contribution in [0.25, 0.3) is 0 Å². The lowest BCUT2D eigenvalue weighted by molar-refractivity contribution is -0.123. The van der Waals surface area contributed by atoms with E-state index in [-0.39, 0.29) is 12.5 Å². The third kappa shape index (κ3) is 5.51. The lowest BCUT2D eigenvalue weighted by atomic mass is 10.1. The average Bonchev–Trinajstić information content (AvgIpc) is 2.38. The standard InChI is InChI=1S/C15H23BrN2O2/c1-4-6-17-9-12-8-13(16)7-11(3)15(12)20-10-14(19)18-5-2/h7-8,17H,4-6,9-10H2,1-3H3,(H,18,19). The number of nitrogens with one attached hydrogen (secondary N) is 2. The number of carbonyl (C=O) groups is 1. The van der Waals surface area contributed by atoms with Gasteiger partial charge in [0.2, 0.25) is 0 Å². The van der Waals surface area contributed by atoms with E-state index in [1.807, 2.05) is 26.0 Å². The van der Waals surface area contributed by atoms with Gasteiger partial charge in [-0.3, -0.25) is 4.79 Å². The molecule has 0 unspecified atom stereocenters. The van der Waals surface area contributed by atoms with Gasteiger partial charge in [0.05, 0.1) is 0 Å². The molecule has 0 heterocycles. The maximum absolute atomic E-state index is 11.5. The summed E-state index contributed by atoms with van der Waals surface area (Å²) in [6.07, 6.45) is 1.09. The molecule has 5 heteroatoms. The lowest BCUT2D eigenvalue weighted by Crippen LogP contribution is -2.28. The fourth-order valence-corrected chi connectivity index (χ4v) is 2.54. The van der Waals surface area contributed by atoms with E-state index in [2.05, 4.69) is 33.5 Å². The number of amides is 1. The van der Waals surface area contributed by atoms with Crippen LogP contribution in [0.4, 0.5) is 0 Å². The SMILES string of the molecule is CCCNCc1cc(Br)cc(C)c1OCC(=O)NCC. The number of ether oxygens (including phenoxy) is 1. The Hall–Kier alpha value is -1.07. The van der Waals surface area contributed by atoms with Crippen molar-refractivity contribution in [3.05, 3.63) is 27.7 Å². The number of likely N-dealkylation sites (N-methyl/N-ethyl adjacent to an activating group) is 1. The van der Waals surface area contributed by atoms with Crippen molar-refractivity contribution in [2.24, 2.45) is 0 Å². The molecule has 2 N–H and O–H groups in total. The summed E-state index contributed by atoms with van der Waals surface area (Å²) in [5, 5.41) is 6.09. The first-order valence-electron chi connectivity index (χ1n) is 6.97. The molecule has 0 saturated carbocycles. The number of benzene rings is 1. The molecule has 0 aromatic heterocycles. The number of hydrogen-bond acceptors (Lipinski definition) is 3. The Morgan fingerprint density at radius 1 is 1.35 bits per heavy atom. The van der Waals surface area contributed by atoms with Crippen LogP contribution in [-0.4, -0.2) is 25.6 Å². The van der Waals surface area contributed by atoms with Crippen molar-refractivity contribution in [2.45, 2.75) is 33.7 Å². The van der Waals surface area contributed by atoms with Gasteiger partial charge in [-0.1, -0.05) is 22.9 Å². The van der Waals surface area contributed by atoms with Crippen molar-refractivity contribution >= 4 is 21.8 Å². The van der Waals surface area contributed by atoms with Crippen molar-refractivity contribution in [2.75, 3.05) is 19.7 Å². The van der Waals surface area contributed by atoms with Crippen LogP contribution in [0, 0.1) is 6.92 Å². The smallest absolute Gasteiger partial charge is 0.257 e. The van der Waals surface area contributed by atoms with E-state index in [0.29, 0.717) is 6.54 Å². The Labute approximate surface area is 129 Å². The third-order valence-electron chi connectivity index (χ3n) is 2.78. The zero-order chi connectivity index (χ0) is 15.0. The molecule has 112 valence electrons. The van der Waals surface area contributed by atoms with Gasteiger partial charge in [0, 0.05) is 23.1 Å². The number of rotatable bonds is 8. The van der Waals surface area contributed by atoms with Crippen LogP contribution in [0.5, 0.6) is 5.75 Å². The first-order valence-corrected chi connectivity index (χ1v) is 7.77. The van der Waals surface area contributed by atoms with Crippen molar-refractivity contribution in [1.82, 2.24) is 10.6 Å². The van der Waals surface area contributed by atoms with Gasteiger partial charge in [-0.15, -0.1) is 0 Å². The molecule has 20 heavy (non-hydrogen) atoms. The fourth-order valence-electron chi connectivity index (χ4n) is 1.92. The molecule has 1 aromatic rings. The highest BCUT2D eigenvalue weighted by Crippen LogP contribution is 2.28. The van der Waals surface area contributed by atoms with Crippen molar-refractivity contribution in [1.29, 1.82) is 0 Å². The summed E-state index contributed by atoms with van der Waals surface area (Å²) in [5.74, 6) is 0.699. The largest absolute Gasteiger partial charge is 0.483 e. The monoisotopic (exact) mass is 342 g/mol. The number of aryl methyl sites for hydroxylation is 1. The summed E-state index contributed by atoms with van der Waals surface area (Å²) < 4.78 is 6.72. The van der Waals surface area contributed by atoms with Crippen LogP contribution < -0.4 is 15.4 Å². The van der Waals surface area contributed by atoms with Crippen LogP contribution in [0.3, 0.4) is 0 Å². The van der Waals surface area contributed by atoms with Gasteiger partial charge < -0.3 is 15.4 Å². The minimum atomic E-state index is -0.0951. The van der Waals surface area contributed by atoms with Crippen LogP contribution in [0.15, 0.2) is 16.6 Å². The van der Waals surface area contributed by atoms with Crippen LogP contribution in [0.2, 0.25) is 0 Å². The summed E-state index contributed by atoms with van der Waals surface area (Å²) in [7, 11) is 0. The highest BCUT2D eigenvalue weighted by Gasteiger charge is 2.10. The number of hydrogen-bond donors (Lipinski definition) is 2. The van der Waals surface area contributed by atoms with Gasteiger partial charge in [-0.25, -0.2) is 0 Å². The quantitative estimate of drug-likeness (QED) is 0.714. The molecule has 0 aliphatic heterocycles. The molecule has 1 rings (SSSR count). The average molecular weight is 343 g/mol. The second-order valence-electron chi connectivity index (χ2n) is 4.63. The third-order valence-corrected chi connectivity index (χ3v) is 3.24. The predicted molar refractivity (Wildman–Crippen MR) is 85.1 cm³/mol. The molecular weight excluding hydrogens is 320 g/mol. The molecule has 4 nitrogen and oxygen atoms in total. The molecule has 0 aliphatic rings. The van der Waals surface area contributed by atoms with Gasteiger partial charge in [0.15, 0.2) is 6.61 Å². The molecule has 0 radical (unpaired) electrons. The molecule has 0 aliphatic carbocycles. The van der Waals surface area contributed by atoms with E-state index in [1.54, 1.807) is 0 Å². The van der Waals surface area contributed by atoms with Gasteiger partial charge >= 0.3 is 0 Å². The summed E-state index contributed by atoms with van der Waals surface area (Å²) in [6.45, 7) is 8.37. The molecule has 0 saturated heterocycles. The van der Waals surface area contributed by atoms with Gasteiger partial charge in [0.1, 0.15) is 5.75 Å². The zero-order valence-electron chi connectivity index (χ0n) is 12.4. The van der Waals surface area contributed by atoms with Gasteiger partial charge in [0.25, 0.3) is 5.91 Å². The summed E-state index contributed by atoms with van der Waals surface area (Å²) >= 11 is 3.50. The van der Waals surface area contributed by atoms with Crippen LogP contribution in [-0.2, 0) is 11.3 Å². The summed E-state index contributed by atoms with van der Waals surface area (Å²) in [5.41, 5.74) is 2.09. The lowest BCUT2D eigenvalue weighted by Gasteiger charge is -2.15. The van der Waals surface area contributed by atoms with Crippen molar-refractivity contribution in [3.63, 3.8) is 0 Å². The first kappa shape index (κ1) is 17.0. The van der Waals surface area contributed by atoms with E-state index in [0.717, 1.165) is 40.9 Å². The Morgan fingerprint density at radius 2 is 2.10 bits per heavy atom. The maximum atomic E-state index is 11.5. The Bertz CT molecular complexity index is 450. The van der Waals surface area contributed by atoms with E-state index in [9.17, 15) is 4.79 Å². The Balaban J connectivity index is 2.78. The predicted octanol–water partition coefficient (Wildman–Crippen LogP) is 2.77. The Kier molecular flexibility index (Phi) is 7.62. The highest BCUT2D eigenvalue weighted by molar-refractivity contribution is 9.10. The first-order chi connectivity index (χ1) is 9.58. The molecule has 1 aromatic carbocycles. The van der Waals surface area contributed by atoms with E-state index in [1.165, 1.54) is 0 Å². The van der Waals surface area contributed by atoms with Gasteiger partial charge in [-0.2, -0.15) is 0 Å². The molecule has 0 bridgehead atoms. The topological polar surface area (TPSA) is 50.4 Å². The molecule has 0 spiro atoms. The van der Waals surface area contributed by atoms with Crippen molar-refractivity contribution < 1.29 is 9.53 Å².